The van der Waals surface area contributed by atoms with E-state index in [0.717, 1.165) is 11.3 Å². The Bertz CT molecular complexity index is 426. The quantitative estimate of drug-likeness (QED) is 0.574. The summed E-state index contributed by atoms with van der Waals surface area (Å²) in [6.07, 6.45) is 0.145. The highest BCUT2D eigenvalue weighted by Gasteiger charge is 2.19. The van der Waals surface area contributed by atoms with E-state index in [-0.39, 0.29) is 18.9 Å². The second kappa shape index (κ2) is 6.79. The maximum atomic E-state index is 11.6. The Morgan fingerprint density at radius 3 is 2.67 bits per heavy atom. The first-order chi connectivity index (χ1) is 8.58. The topological polar surface area (TPSA) is 52.6 Å². The largest absolute Gasteiger partial charge is 0.497 e. The van der Waals surface area contributed by atoms with Gasteiger partial charge < -0.3 is 9.47 Å². The van der Waals surface area contributed by atoms with Crippen molar-refractivity contribution in [3.05, 3.63) is 29.8 Å². The summed E-state index contributed by atoms with van der Waals surface area (Å²) < 4.78 is 9.79. The molecule has 0 aromatic heterocycles. The maximum absolute atomic E-state index is 11.6. The van der Waals surface area contributed by atoms with Crippen molar-refractivity contribution in [1.82, 2.24) is 0 Å². The van der Waals surface area contributed by atoms with Crippen molar-refractivity contribution in [2.75, 3.05) is 13.7 Å². The molecular weight excluding hydrogens is 232 g/mol. The first-order valence-electron chi connectivity index (χ1n) is 5.92. The van der Waals surface area contributed by atoms with Gasteiger partial charge in [-0.3, -0.25) is 4.79 Å². The molecule has 98 valence electrons. The second-order valence-electron chi connectivity index (χ2n) is 4.03. The summed E-state index contributed by atoms with van der Waals surface area (Å²) in [5.41, 5.74) is 0.965. The van der Waals surface area contributed by atoms with Gasteiger partial charge in [0.1, 0.15) is 5.75 Å². The summed E-state index contributed by atoms with van der Waals surface area (Å²) in [4.78, 5) is 22.8. The van der Waals surface area contributed by atoms with Crippen LogP contribution in [0, 0.1) is 0 Å². The van der Waals surface area contributed by atoms with Gasteiger partial charge in [-0.2, -0.15) is 0 Å². The first-order valence-corrected chi connectivity index (χ1v) is 5.92. The Morgan fingerprint density at radius 2 is 2.06 bits per heavy atom. The summed E-state index contributed by atoms with van der Waals surface area (Å²) >= 11 is 0. The third-order valence-electron chi connectivity index (χ3n) is 2.66. The van der Waals surface area contributed by atoms with Gasteiger partial charge in [0, 0.05) is 6.42 Å². The standard InChI is InChI=1S/C14H18O4/c1-4-18-14(16)13(15)8-10(2)11-6-5-7-12(9-11)17-3/h5-7,9-10H,4,8H2,1-3H3. The number of carbonyl (C=O) groups is 2. The van der Waals surface area contributed by atoms with Gasteiger partial charge in [0.05, 0.1) is 13.7 Å². The number of ether oxygens (including phenoxy) is 2. The molecule has 1 unspecified atom stereocenters. The fraction of sp³-hybridized carbons (Fsp3) is 0.429. The summed E-state index contributed by atoms with van der Waals surface area (Å²) in [6.45, 7) is 3.79. The van der Waals surface area contributed by atoms with Crippen LogP contribution in [-0.2, 0) is 14.3 Å². The van der Waals surface area contributed by atoms with Crippen LogP contribution in [0.25, 0.3) is 0 Å². The Hall–Kier alpha value is -1.84. The summed E-state index contributed by atoms with van der Waals surface area (Å²) in [5.74, 6) is -0.556. The van der Waals surface area contributed by atoms with E-state index in [1.165, 1.54) is 0 Å². The van der Waals surface area contributed by atoms with Crippen LogP contribution in [0.15, 0.2) is 24.3 Å². The zero-order valence-electron chi connectivity index (χ0n) is 10.9. The minimum absolute atomic E-state index is 0.0444. The third kappa shape index (κ3) is 3.87. The number of benzene rings is 1. The fourth-order valence-electron chi connectivity index (χ4n) is 1.64. The van der Waals surface area contributed by atoms with Crippen molar-refractivity contribution in [3.63, 3.8) is 0 Å². The van der Waals surface area contributed by atoms with Crippen LogP contribution < -0.4 is 4.74 Å². The van der Waals surface area contributed by atoms with Crippen LogP contribution in [0.4, 0.5) is 0 Å². The number of Topliss-reactive ketones (excluding diaryl/α,β-unsaturated/α-hetero) is 1. The Balaban J connectivity index is 2.67. The molecule has 0 saturated carbocycles. The number of rotatable bonds is 6. The van der Waals surface area contributed by atoms with E-state index in [1.807, 2.05) is 31.2 Å². The molecular formula is C14H18O4. The smallest absolute Gasteiger partial charge is 0.374 e. The first kappa shape index (κ1) is 14.2. The molecule has 0 fully saturated rings. The molecule has 0 bridgehead atoms. The fourth-order valence-corrected chi connectivity index (χ4v) is 1.64. The minimum Gasteiger partial charge on any atom is -0.497 e. The van der Waals surface area contributed by atoms with Crippen LogP contribution >= 0.6 is 0 Å². The summed E-state index contributed by atoms with van der Waals surface area (Å²) in [5, 5.41) is 0. The minimum atomic E-state index is -0.757. The highest BCUT2D eigenvalue weighted by molar-refractivity contribution is 6.33. The molecule has 0 aliphatic carbocycles. The predicted molar refractivity (Wildman–Crippen MR) is 67.7 cm³/mol. The molecule has 0 aliphatic rings. The molecule has 0 heterocycles. The van der Waals surface area contributed by atoms with Crippen LogP contribution in [0.1, 0.15) is 31.7 Å². The van der Waals surface area contributed by atoms with Crippen LogP contribution in [0.5, 0.6) is 5.75 Å². The molecule has 1 aromatic rings. The Labute approximate surface area is 107 Å². The van der Waals surface area contributed by atoms with E-state index in [1.54, 1.807) is 14.0 Å². The monoisotopic (exact) mass is 250 g/mol. The highest BCUT2D eigenvalue weighted by atomic mass is 16.5. The molecule has 4 heteroatoms. The zero-order valence-corrected chi connectivity index (χ0v) is 10.9. The molecule has 1 atom stereocenters. The van der Waals surface area contributed by atoms with Gasteiger partial charge >= 0.3 is 5.97 Å². The lowest BCUT2D eigenvalue weighted by Crippen LogP contribution is -2.19. The highest BCUT2D eigenvalue weighted by Crippen LogP contribution is 2.23. The predicted octanol–water partition coefficient (Wildman–Crippen LogP) is 2.32. The van der Waals surface area contributed by atoms with E-state index >= 15 is 0 Å². The second-order valence-corrected chi connectivity index (χ2v) is 4.03. The lowest BCUT2D eigenvalue weighted by molar-refractivity contribution is -0.153. The molecule has 18 heavy (non-hydrogen) atoms. The molecule has 0 N–H and O–H groups in total. The van der Waals surface area contributed by atoms with Crippen molar-refractivity contribution >= 4 is 11.8 Å². The Kier molecular flexibility index (Phi) is 5.36. The van der Waals surface area contributed by atoms with Gasteiger partial charge in [0.15, 0.2) is 0 Å². The van der Waals surface area contributed by atoms with Gasteiger partial charge in [-0.1, -0.05) is 19.1 Å². The summed E-state index contributed by atoms with van der Waals surface area (Å²) in [7, 11) is 1.59. The van der Waals surface area contributed by atoms with Gasteiger partial charge in [-0.05, 0) is 30.5 Å². The molecule has 1 aromatic carbocycles. The number of methoxy groups -OCH3 is 1. The molecule has 1 rings (SSSR count). The van der Waals surface area contributed by atoms with E-state index < -0.39 is 11.8 Å². The lowest BCUT2D eigenvalue weighted by Gasteiger charge is -2.11. The normalized spacial score (nSPS) is 11.7. The molecule has 0 radical (unpaired) electrons. The van der Waals surface area contributed by atoms with Crippen molar-refractivity contribution in [1.29, 1.82) is 0 Å². The Morgan fingerprint density at radius 1 is 1.33 bits per heavy atom. The molecule has 4 nitrogen and oxygen atoms in total. The van der Waals surface area contributed by atoms with Crippen molar-refractivity contribution in [2.24, 2.45) is 0 Å². The van der Waals surface area contributed by atoms with E-state index in [9.17, 15) is 9.59 Å². The van der Waals surface area contributed by atoms with Gasteiger partial charge in [-0.25, -0.2) is 4.79 Å². The number of carbonyl (C=O) groups excluding carboxylic acids is 2. The van der Waals surface area contributed by atoms with Crippen LogP contribution in [0.3, 0.4) is 0 Å². The number of hydrogen-bond acceptors (Lipinski definition) is 4. The summed E-state index contributed by atoms with van der Waals surface area (Å²) in [6, 6.07) is 7.47. The SMILES string of the molecule is CCOC(=O)C(=O)CC(C)c1cccc(OC)c1. The van der Waals surface area contributed by atoms with E-state index in [2.05, 4.69) is 4.74 Å². The molecule has 0 aliphatic heterocycles. The van der Waals surface area contributed by atoms with Crippen LogP contribution in [0.2, 0.25) is 0 Å². The van der Waals surface area contributed by atoms with Crippen molar-refractivity contribution in [2.45, 2.75) is 26.2 Å². The zero-order chi connectivity index (χ0) is 13.5. The van der Waals surface area contributed by atoms with E-state index in [4.69, 9.17) is 4.74 Å². The third-order valence-corrected chi connectivity index (χ3v) is 2.66. The van der Waals surface area contributed by atoms with Gasteiger partial charge in [0.2, 0.25) is 5.78 Å². The van der Waals surface area contributed by atoms with Crippen molar-refractivity contribution < 1.29 is 19.1 Å². The maximum Gasteiger partial charge on any atom is 0.374 e. The number of ketones is 1. The van der Waals surface area contributed by atoms with Crippen molar-refractivity contribution in [3.8, 4) is 5.75 Å². The number of hydrogen-bond donors (Lipinski definition) is 0. The van der Waals surface area contributed by atoms with E-state index in [0.29, 0.717) is 0 Å². The van der Waals surface area contributed by atoms with Crippen LogP contribution in [-0.4, -0.2) is 25.5 Å². The number of esters is 1. The molecule has 0 spiro atoms. The van der Waals surface area contributed by atoms with Gasteiger partial charge in [-0.15, -0.1) is 0 Å². The molecule has 0 amide bonds. The molecule has 0 saturated heterocycles. The lowest BCUT2D eigenvalue weighted by atomic mass is 9.95. The average molecular weight is 250 g/mol. The van der Waals surface area contributed by atoms with Gasteiger partial charge in [0.25, 0.3) is 0 Å². The average Bonchev–Trinajstić information content (AvgIpc) is 2.39.